The van der Waals surface area contributed by atoms with Crippen molar-refractivity contribution in [1.29, 1.82) is 0 Å². The quantitative estimate of drug-likeness (QED) is 0.623. The Morgan fingerprint density at radius 2 is 1.73 bits per heavy atom. The number of rotatable bonds is 8. The number of carbonyl (C=O) groups excluding carboxylic acids is 2. The lowest BCUT2D eigenvalue weighted by Gasteiger charge is -2.33. The van der Waals surface area contributed by atoms with Gasteiger partial charge in [-0.05, 0) is 56.7 Å². The van der Waals surface area contributed by atoms with Crippen molar-refractivity contribution in [3.05, 3.63) is 23.8 Å². The van der Waals surface area contributed by atoms with Crippen LogP contribution < -0.4 is 10.2 Å². The van der Waals surface area contributed by atoms with E-state index < -0.39 is 10.0 Å². The molecule has 2 aliphatic heterocycles. The summed E-state index contributed by atoms with van der Waals surface area (Å²) >= 11 is 0. The van der Waals surface area contributed by atoms with Crippen LogP contribution in [0, 0.1) is 5.92 Å². The zero-order chi connectivity index (χ0) is 23.6. The van der Waals surface area contributed by atoms with Crippen LogP contribution in [0.15, 0.2) is 23.1 Å². The fourth-order valence-corrected chi connectivity index (χ4v) is 6.37. The Morgan fingerprint density at radius 3 is 2.36 bits per heavy atom. The Labute approximate surface area is 197 Å². The van der Waals surface area contributed by atoms with Crippen molar-refractivity contribution in [3.8, 4) is 0 Å². The molecule has 3 fully saturated rings. The minimum atomic E-state index is -3.68. The molecule has 8 nitrogen and oxygen atoms in total. The van der Waals surface area contributed by atoms with Crippen LogP contribution in [0.2, 0.25) is 0 Å². The van der Waals surface area contributed by atoms with Gasteiger partial charge in [0.15, 0.2) is 0 Å². The van der Waals surface area contributed by atoms with Crippen LogP contribution in [0.3, 0.4) is 0 Å². The molecule has 1 N–H and O–H groups in total. The fourth-order valence-electron chi connectivity index (χ4n) is 4.89. The molecule has 1 saturated carbocycles. The summed E-state index contributed by atoms with van der Waals surface area (Å²) < 4.78 is 27.7. The summed E-state index contributed by atoms with van der Waals surface area (Å²) in [5.41, 5.74) is 1.22. The van der Waals surface area contributed by atoms with Gasteiger partial charge < -0.3 is 15.1 Å². The molecule has 9 heteroatoms. The van der Waals surface area contributed by atoms with Crippen molar-refractivity contribution in [2.75, 3.05) is 44.2 Å². The molecule has 0 bridgehead atoms. The molecule has 1 unspecified atom stereocenters. The van der Waals surface area contributed by atoms with Crippen molar-refractivity contribution < 1.29 is 18.0 Å². The van der Waals surface area contributed by atoms with Crippen molar-refractivity contribution in [2.24, 2.45) is 5.92 Å². The Balaban J connectivity index is 1.63. The zero-order valence-corrected chi connectivity index (χ0v) is 20.6. The second-order valence-corrected chi connectivity index (χ2v) is 11.3. The van der Waals surface area contributed by atoms with Crippen molar-refractivity contribution >= 4 is 27.5 Å². The lowest BCUT2D eigenvalue weighted by Crippen LogP contribution is -2.46. The van der Waals surface area contributed by atoms with E-state index in [1.54, 1.807) is 23.1 Å². The molecule has 33 heavy (non-hydrogen) atoms. The van der Waals surface area contributed by atoms with Crippen LogP contribution in [0.5, 0.6) is 0 Å². The predicted molar refractivity (Wildman–Crippen MR) is 128 cm³/mol. The summed E-state index contributed by atoms with van der Waals surface area (Å²) in [6.07, 6.45) is 5.73. The van der Waals surface area contributed by atoms with Crippen LogP contribution in [-0.2, 0) is 14.8 Å². The molecular formula is C24H36N4O4S. The van der Waals surface area contributed by atoms with Crippen LogP contribution in [0.1, 0.15) is 62.7 Å². The van der Waals surface area contributed by atoms with E-state index >= 15 is 0 Å². The maximum atomic E-state index is 13.7. The monoisotopic (exact) mass is 476 g/mol. The first kappa shape index (κ1) is 24.0. The van der Waals surface area contributed by atoms with Crippen molar-refractivity contribution in [3.63, 3.8) is 0 Å². The highest BCUT2D eigenvalue weighted by molar-refractivity contribution is 7.89. The maximum absolute atomic E-state index is 13.7. The second kappa shape index (κ2) is 10.0. The minimum absolute atomic E-state index is 0.0348. The van der Waals surface area contributed by atoms with Gasteiger partial charge in [-0.15, -0.1) is 0 Å². The number of hydrogen-bond donors (Lipinski definition) is 1. The maximum Gasteiger partial charge on any atom is 0.256 e. The molecule has 2 amide bonds. The molecule has 1 aromatic rings. The van der Waals surface area contributed by atoms with Gasteiger partial charge in [0.25, 0.3) is 5.91 Å². The van der Waals surface area contributed by atoms with E-state index in [0.717, 1.165) is 57.3 Å². The zero-order valence-electron chi connectivity index (χ0n) is 19.8. The number of hydrogen-bond acceptors (Lipinski definition) is 5. The third-order valence-electron chi connectivity index (χ3n) is 6.99. The van der Waals surface area contributed by atoms with Crippen LogP contribution in [-0.4, -0.2) is 74.7 Å². The predicted octanol–water partition coefficient (Wildman–Crippen LogP) is 2.45. The van der Waals surface area contributed by atoms with Crippen LogP contribution >= 0.6 is 0 Å². The van der Waals surface area contributed by atoms with Gasteiger partial charge in [-0.25, -0.2) is 8.42 Å². The number of likely N-dealkylation sites (tertiary alicyclic amines) is 1. The summed E-state index contributed by atoms with van der Waals surface area (Å²) in [4.78, 5) is 30.4. The van der Waals surface area contributed by atoms with Crippen LogP contribution in [0.4, 0.5) is 5.69 Å². The Morgan fingerprint density at radius 1 is 1.03 bits per heavy atom. The van der Waals surface area contributed by atoms with E-state index in [1.165, 1.54) is 4.31 Å². The average molecular weight is 477 g/mol. The topological polar surface area (TPSA) is 90.0 Å². The number of amides is 2. The highest BCUT2D eigenvalue weighted by Gasteiger charge is 2.34. The lowest BCUT2D eigenvalue weighted by molar-refractivity contribution is -0.126. The smallest absolute Gasteiger partial charge is 0.256 e. The number of piperidine rings is 1. The molecule has 1 atom stereocenters. The largest absolute Gasteiger partial charge is 0.371 e. The van der Waals surface area contributed by atoms with Crippen LogP contribution in [0.25, 0.3) is 0 Å². The van der Waals surface area contributed by atoms with Gasteiger partial charge in [0.05, 0.1) is 16.4 Å². The molecule has 2 heterocycles. The number of sulfonamides is 1. The highest BCUT2D eigenvalue weighted by atomic mass is 32.2. The SMILES string of the molecule is CCN(CC)S(=O)(=O)c1ccc(N2CCCC2)c(C(=O)N2CCCC(C(=O)NC3CC3)C2)c1. The number of benzene rings is 1. The summed E-state index contributed by atoms with van der Waals surface area (Å²) in [6.45, 7) is 7.05. The molecule has 182 valence electrons. The van der Waals surface area contributed by atoms with Gasteiger partial charge in [0.1, 0.15) is 0 Å². The Bertz CT molecular complexity index is 982. The third-order valence-corrected chi connectivity index (χ3v) is 9.04. The molecule has 4 rings (SSSR count). The molecule has 1 aromatic carbocycles. The molecule has 0 radical (unpaired) electrons. The van der Waals surface area contributed by atoms with Gasteiger partial charge in [0.2, 0.25) is 15.9 Å². The van der Waals surface area contributed by atoms with E-state index in [-0.39, 0.29) is 22.6 Å². The highest BCUT2D eigenvalue weighted by Crippen LogP contribution is 2.31. The number of carbonyl (C=O) groups is 2. The second-order valence-electron chi connectivity index (χ2n) is 9.34. The van der Waals surface area contributed by atoms with Crippen molar-refractivity contribution in [2.45, 2.75) is 63.3 Å². The van der Waals surface area contributed by atoms with E-state index in [2.05, 4.69) is 10.2 Å². The molecule has 2 saturated heterocycles. The molecule has 0 aromatic heterocycles. The average Bonchev–Trinajstić information content (AvgIpc) is 3.47. The number of anilines is 1. The third kappa shape index (κ3) is 5.19. The minimum Gasteiger partial charge on any atom is -0.371 e. The Hall–Kier alpha value is -2.13. The van der Waals surface area contributed by atoms with E-state index in [4.69, 9.17) is 0 Å². The first-order valence-electron chi connectivity index (χ1n) is 12.3. The lowest BCUT2D eigenvalue weighted by atomic mass is 9.96. The Kier molecular flexibility index (Phi) is 7.28. The first-order valence-corrected chi connectivity index (χ1v) is 13.8. The summed E-state index contributed by atoms with van der Waals surface area (Å²) in [7, 11) is -3.68. The molecular weight excluding hydrogens is 440 g/mol. The number of nitrogens with zero attached hydrogens (tertiary/aromatic N) is 3. The first-order chi connectivity index (χ1) is 15.8. The summed E-state index contributed by atoms with van der Waals surface area (Å²) in [5.74, 6) is -0.355. The van der Waals surface area contributed by atoms with E-state index in [0.29, 0.717) is 37.8 Å². The van der Waals surface area contributed by atoms with Gasteiger partial charge in [-0.3, -0.25) is 9.59 Å². The van der Waals surface area contributed by atoms with Gasteiger partial charge in [-0.2, -0.15) is 4.31 Å². The molecule has 0 spiro atoms. The molecule has 3 aliphatic rings. The van der Waals surface area contributed by atoms with Crippen molar-refractivity contribution in [1.82, 2.24) is 14.5 Å². The van der Waals surface area contributed by atoms with Gasteiger partial charge in [0, 0.05) is 51.0 Å². The number of nitrogens with one attached hydrogen (secondary N) is 1. The molecule has 1 aliphatic carbocycles. The van der Waals surface area contributed by atoms with E-state index in [1.807, 2.05) is 13.8 Å². The van der Waals surface area contributed by atoms with Gasteiger partial charge >= 0.3 is 0 Å². The fraction of sp³-hybridized carbons (Fsp3) is 0.667. The normalized spacial score (nSPS) is 21.5. The van der Waals surface area contributed by atoms with Gasteiger partial charge in [-0.1, -0.05) is 13.8 Å². The van der Waals surface area contributed by atoms with E-state index in [9.17, 15) is 18.0 Å². The summed E-state index contributed by atoms with van der Waals surface area (Å²) in [6, 6.07) is 5.26. The summed E-state index contributed by atoms with van der Waals surface area (Å²) in [5, 5.41) is 3.06. The standard InChI is InChI=1S/C24H36N4O4S/c1-3-28(4-2)33(31,32)20-11-12-22(26-13-5-6-14-26)21(16-20)24(30)27-15-7-8-18(17-27)23(29)25-19-9-10-19/h11-12,16,18-19H,3-10,13-15,17H2,1-2H3,(H,25,29).